The molecule has 20 heavy (non-hydrogen) atoms. The molecular formula is C16H24BrNO2. The number of carbonyl (C=O) groups excluding carboxylic acids is 1. The highest BCUT2D eigenvalue weighted by Gasteiger charge is 2.14. The standard InChI is InChI=1S/C16H24BrNO2/c1-11(2)18(12(3)4)8-9-20-16-7-6-14(17)10-15(16)13(5)19/h6-7,10-12H,8-9H2,1-5H3. The van der Waals surface area contributed by atoms with E-state index in [0.717, 1.165) is 11.0 Å². The fourth-order valence-corrected chi connectivity index (χ4v) is 2.64. The van der Waals surface area contributed by atoms with E-state index in [2.05, 4.69) is 48.5 Å². The van der Waals surface area contributed by atoms with Crippen LogP contribution >= 0.6 is 15.9 Å². The van der Waals surface area contributed by atoms with Crippen LogP contribution in [-0.2, 0) is 0 Å². The van der Waals surface area contributed by atoms with Crippen molar-refractivity contribution in [2.24, 2.45) is 0 Å². The molecule has 0 aliphatic rings. The van der Waals surface area contributed by atoms with Crippen molar-refractivity contribution in [3.8, 4) is 5.75 Å². The summed E-state index contributed by atoms with van der Waals surface area (Å²) in [5.74, 6) is 0.680. The van der Waals surface area contributed by atoms with Crippen molar-refractivity contribution < 1.29 is 9.53 Å². The molecule has 4 heteroatoms. The molecular weight excluding hydrogens is 318 g/mol. The van der Waals surface area contributed by atoms with Crippen LogP contribution in [0, 0.1) is 0 Å². The third-order valence-corrected chi connectivity index (χ3v) is 3.75. The van der Waals surface area contributed by atoms with E-state index in [1.165, 1.54) is 0 Å². The molecule has 1 aromatic rings. The largest absolute Gasteiger partial charge is 0.491 e. The molecule has 0 spiro atoms. The molecule has 0 aliphatic heterocycles. The van der Waals surface area contributed by atoms with Crippen LogP contribution in [0.2, 0.25) is 0 Å². The molecule has 0 saturated carbocycles. The minimum absolute atomic E-state index is 0.0193. The first kappa shape index (κ1) is 17.2. The van der Waals surface area contributed by atoms with Crippen LogP contribution in [0.4, 0.5) is 0 Å². The van der Waals surface area contributed by atoms with Crippen molar-refractivity contribution in [3.63, 3.8) is 0 Å². The van der Waals surface area contributed by atoms with Crippen LogP contribution < -0.4 is 4.74 Å². The van der Waals surface area contributed by atoms with Crippen molar-refractivity contribution in [3.05, 3.63) is 28.2 Å². The number of hydrogen-bond donors (Lipinski definition) is 0. The van der Waals surface area contributed by atoms with Gasteiger partial charge in [0, 0.05) is 23.1 Å². The van der Waals surface area contributed by atoms with Gasteiger partial charge >= 0.3 is 0 Å². The zero-order valence-electron chi connectivity index (χ0n) is 12.9. The molecule has 0 aliphatic carbocycles. The first-order valence-corrected chi connectivity index (χ1v) is 7.81. The van der Waals surface area contributed by atoms with E-state index >= 15 is 0 Å². The number of ketones is 1. The van der Waals surface area contributed by atoms with Crippen molar-refractivity contribution in [2.75, 3.05) is 13.2 Å². The van der Waals surface area contributed by atoms with E-state index in [1.807, 2.05) is 12.1 Å². The van der Waals surface area contributed by atoms with E-state index in [0.29, 0.717) is 30.0 Å². The zero-order chi connectivity index (χ0) is 15.3. The van der Waals surface area contributed by atoms with Crippen molar-refractivity contribution in [2.45, 2.75) is 46.7 Å². The summed E-state index contributed by atoms with van der Waals surface area (Å²) in [4.78, 5) is 14.0. The number of ether oxygens (including phenoxy) is 1. The zero-order valence-corrected chi connectivity index (χ0v) is 14.5. The van der Waals surface area contributed by atoms with Gasteiger partial charge in [-0.15, -0.1) is 0 Å². The average molecular weight is 342 g/mol. The van der Waals surface area contributed by atoms with Gasteiger partial charge in [-0.25, -0.2) is 0 Å². The Morgan fingerprint density at radius 2 is 1.85 bits per heavy atom. The topological polar surface area (TPSA) is 29.5 Å². The highest BCUT2D eigenvalue weighted by atomic mass is 79.9. The fraction of sp³-hybridized carbons (Fsp3) is 0.562. The molecule has 0 N–H and O–H groups in total. The number of hydrogen-bond acceptors (Lipinski definition) is 3. The van der Waals surface area contributed by atoms with Crippen LogP contribution in [-0.4, -0.2) is 35.9 Å². The molecule has 112 valence electrons. The molecule has 1 aromatic carbocycles. The van der Waals surface area contributed by atoms with Gasteiger partial charge in [0.1, 0.15) is 12.4 Å². The van der Waals surface area contributed by atoms with Crippen molar-refractivity contribution in [1.29, 1.82) is 0 Å². The van der Waals surface area contributed by atoms with Crippen LogP contribution in [0.25, 0.3) is 0 Å². The Balaban J connectivity index is 2.68. The second kappa shape index (κ2) is 7.79. The van der Waals surface area contributed by atoms with Gasteiger partial charge in [-0.2, -0.15) is 0 Å². The highest BCUT2D eigenvalue weighted by molar-refractivity contribution is 9.10. The summed E-state index contributed by atoms with van der Waals surface area (Å²) in [6.45, 7) is 11.7. The van der Waals surface area contributed by atoms with Gasteiger partial charge in [-0.1, -0.05) is 15.9 Å². The summed E-state index contributed by atoms with van der Waals surface area (Å²) >= 11 is 3.38. The molecule has 0 bridgehead atoms. The third-order valence-electron chi connectivity index (χ3n) is 3.25. The van der Waals surface area contributed by atoms with E-state index in [1.54, 1.807) is 13.0 Å². The first-order chi connectivity index (χ1) is 9.32. The van der Waals surface area contributed by atoms with Gasteiger partial charge in [0.05, 0.1) is 5.56 Å². The maximum atomic E-state index is 11.6. The summed E-state index contributed by atoms with van der Waals surface area (Å²) in [5.41, 5.74) is 0.625. The third kappa shape index (κ3) is 4.91. The lowest BCUT2D eigenvalue weighted by molar-refractivity contribution is 0.101. The van der Waals surface area contributed by atoms with Crippen molar-refractivity contribution in [1.82, 2.24) is 4.90 Å². The quantitative estimate of drug-likeness (QED) is 0.697. The summed E-state index contributed by atoms with van der Waals surface area (Å²) in [7, 11) is 0. The number of Topliss-reactive ketones (excluding diaryl/α,β-unsaturated/α-hetero) is 1. The molecule has 1 rings (SSSR count). The van der Waals surface area contributed by atoms with Crippen LogP contribution in [0.15, 0.2) is 22.7 Å². The van der Waals surface area contributed by atoms with E-state index in [4.69, 9.17) is 4.74 Å². The Hall–Kier alpha value is -0.870. The number of nitrogens with zero attached hydrogens (tertiary/aromatic N) is 1. The Kier molecular flexibility index (Phi) is 6.69. The average Bonchev–Trinajstić information content (AvgIpc) is 2.34. The molecule has 0 unspecified atom stereocenters. The lowest BCUT2D eigenvalue weighted by Crippen LogP contribution is -2.39. The smallest absolute Gasteiger partial charge is 0.163 e. The molecule has 0 atom stereocenters. The van der Waals surface area contributed by atoms with E-state index < -0.39 is 0 Å². The molecule has 0 saturated heterocycles. The Morgan fingerprint density at radius 1 is 1.25 bits per heavy atom. The second-order valence-corrected chi connectivity index (χ2v) is 6.39. The van der Waals surface area contributed by atoms with Gasteiger partial charge in [0.2, 0.25) is 0 Å². The number of carbonyl (C=O) groups is 1. The van der Waals surface area contributed by atoms with Gasteiger partial charge < -0.3 is 4.74 Å². The molecule has 0 radical (unpaired) electrons. The maximum absolute atomic E-state index is 11.6. The van der Waals surface area contributed by atoms with Gasteiger partial charge in [-0.05, 0) is 52.8 Å². The van der Waals surface area contributed by atoms with Crippen LogP contribution in [0.3, 0.4) is 0 Å². The Morgan fingerprint density at radius 3 is 2.35 bits per heavy atom. The lowest BCUT2D eigenvalue weighted by Gasteiger charge is -2.30. The minimum Gasteiger partial charge on any atom is -0.491 e. The Labute approximate surface area is 130 Å². The fourth-order valence-electron chi connectivity index (χ4n) is 2.28. The summed E-state index contributed by atoms with van der Waals surface area (Å²) in [5, 5.41) is 0. The first-order valence-electron chi connectivity index (χ1n) is 7.02. The number of halogens is 1. The second-order valence-electron chi connectivity index (χ2n) is 5.47. The molecule has 0 fully saturated rings. The Bertz CT molecular complexity index is 450. The molecule has 0 amide bonds. The summed E-state index contributed by atoms with van der Waals surface area (Å²) < 4.78 is 6.69. The van der Waals surface area contributed by atoms with E-state index in [-0.39, 0.29) is 5.78 Å². The van der Waals surface area contributed by atoms with Gasteiger partial charge in [0.15, 0.2) is 5.78 Å². The SMILES string of the molecule is CC(=O)c1cc(Br)ccc1OCCN(C(C)C)C(C)C. The highest BCUT2D eigenvalue weighted by Crippen LogP contribution is 2.23. The predicted octanol–water partition coefficient (Wildman–Crippen LogP) is 4.15. The summed E-state index contributed by atoms with van der Waals surface area (Å²) in [6.07, 6.45) is 0. The number of benzene rings is 1. The summed E-state index contributed by atoms with van der Waals surface area (Å²) in [6, 6.07) is 6.51. The van der Waals surface area contributed by atoms with Gasteiger partial charge in [-0.3, -0.25) is 9.69 Å². The van der Waals surface area contributed by atoms with Gasteiger partial charge in [0.25, 0.3) is 0 Å². The van der Waals surface area contributed by atoms with Crippen molar-refractivity contribution >= 4 is 21.7 Å². The normalized spacial score (nSPS) is 11.4. The minimum atomic E-state index is 0.0193. The maximum Gasteiger partial charge on any atom is 0.163 e. The number of rotatable bonds is 7. The molecule has 0 aromatic heterocycles. The van der Waals surface area contributed by atoms with Crippen LogP contribution in [0.5, 0.6) is 5.75 Å². The lowest BCUT2D eigenvalue weighted by atomic mass is 10.1. The van der Waals surface area contributed by atoms with Crippen LogP contribution in [0.1, 0.15) is 45.0 Å². The predicted molar refractivity (Wildman–Crippen MR) is 86.6 cm³/mol. The monoisotopic (exact) mass is 341 g/mol. The molecule has 0 heterocycles. The van der Waals surface area contributed by atoms with E-state index in [9.17, 15) is 4.79 Å². The molecule has 3 nitrogen and oxygen atoms in total.